The zero-order chi connectivity index (χ0) is 61.6. The van der Waals surface area contributed by atoms with Crippen molar-refractivity contribution in [1.29, 1.82) is 0 Å². The Hall–Kier alpha value is -9.80. The molecule has 0 radical (unpaired) electrons. The molecule has 0 spiro atoms. The first-order valence-corrected chi connectivity index (χ1v) is 29.6. The van der Waals surface area contributed by atoms with Crippen molar-refractivity contribution >= 4 is 44.6 Å². The van der Waals surface area contributed by atoms with E-state index < -0.39 is 34.6 Å². The van der Waals surface area contributed by atoms with Gasteiger partial charge in [-0.1, -0.05) is 196 Å². The molecule has 438 valence electrons. The third-order valence-corrected chi connectivity index (χ3v) is 16.9. The van der Waals surface area contributed by atoms with Crippen LogP contribution in [0.3, 0.4) is 0 Å². The van der Waals surface area contributed by atoms with Gasteiger partial charge in [0.2, 0.25) is 5.82 Å². The van der Waals surface area contributed by atoms with Crippen LogP contribution in [0.25, 0.3) is 83.3 Å². The molecule has 0 unspecified atom stereocenters. The second kappa shape index (κ2) is 21.9. The average molecular weight is 1170 g/mol. The number of fused-ring (bicyclic) bond motifs is 4. The molecule has 0 atom stereocenters. The van der Waals surface area contributed by atoms with Gasteiger partial charge in [-0.25, -0.2) is 26.9 Å². The maximum absolute atomic E-state index is 17.0. The molecule has 13 rings (SSSR count). The summed E-state index contributed by atoms with van der Waals surface area (Å²) in [6, 6.07) is 70.0. The van der Waals surface area contributed by atoms with Crippen LogP contribution in [0, 0.1) is 29.1 Å². The second-order valence-electron chi connectivity index (χ2n) is 25.9. The van der Waals surface area contributed by atoms with Gasteiger partial charge in [-0.15, -0.1) is 0 Å². The van der Waals surface area contributed by atoms with Crippen molar-refractivity contribution in [2.75, 3.05) is 16.5 Å². The molecule has 0 fully saturated rings. The van der Waals surface area contributed by atoms with Crippen molar-refractivity contribution in [2.45, 2.75) is 78.6 Å². The highest BCUT2D eigenvalue weighted by atomic mass is 19.2. The number of nitrogens with zero attached hydrogens (tertiary/aromatic N) is 4. The molecular formula is C78H65F5N4O. The fourth-order valence-corrected chi connectivity index (χ4v) is 12.2. The van der Waals surface area contributed by atoms with E-state index in [0.29, 0.717) is 45.1 Å². The normalized spacial score (nSPS) is 12.8. The quantitative estimate of drug-likeness (QED) is 0.0776. The third kappa shape index (κ3) is 10.3. The lowest BCUT2D eigenvalue weighted by atomic mass is 9.78. The van der Waals surface area contributed by atoms with Crippen LogP contribution in [0.5, 0.6) is 11.5 Å². The van der Waals surface area contributed by atoms with Gasteiger partial charge >= 0.3 is 0 Å². The smallest absolute Gasteiger partial charge is 0.200 e. The average Bonchev–Trinajstić information content (AvgIpc) is 2.29. The molecule has 10 heteroatoms. The Morgan fingerprint density at radius 2 is 0.909 bits per heavy atom. The standard InChI is InChI=1S/C78H65F5N4O/c1-76(2,3)52-34-35-84-68(43-52)87-64-29-19-18-28-60(64)61-33-32-56(45-67(61)87)88-57-39-51(59-27-17-16-26-58(59)48-24-14-11-15-25-48)38-55(44-57)85-46-86(66-31-21-20-30-65(66)85)75-62(50-36-53(77(4,5)6)42-54(37-50)78(7,8)9)40-49(47-22-12-10-13-23-47)41-63(75)69-70(79)72(81)74(83)73(82)71(69)80/h10-45H,46H2,1-9H3. The van der Waals surface area contributed by atoms with Gasteiger partial charge in [0, 0.05) is 45.9 Å². The summed E-state index contributed by atoms with van der Waals surface area (Å²) in [4.78, 5) is 8.97. The summed E-state index contributed by atoms with van der Waals surface area (Å²) < 4.78 is 90.5. The number of aromatic nitrogens is 2. The minimum Gasteiger partial charge on any atom is -0.457 e. The van der Waals surface area contributed by atoms with E-state index in [1.165, 1.54) is 0 Å². The van der Waals surface area contributed by atoms with Crippen molar-refractivity contribution in [3.63, 3.8) is 0 Å². The monoisotopic (exact) mass is 1170 g/mol. The summed E-state index contributed by atoms with van der Waals surface area (Å²) in [6.45, 7) is 19.4. The van der Waals surface area contributed by atoms with E-state index in [1.807, 2.05) is 132 Å². The first-order chi connectivity index (χ1) is 42.1. The van der Waals surface area contributed by atoms with Crippen LogP contribution in [0.1, 0.15) is 79.0 Å². The number of hydrogen-bond acceptors (Lipinski definition) is 4. The molecule has 0 saturated heterocycles. The molecule has 2 aromatic heterocycles. The van der Waals surface area contributed by atoms with Crippen molar-refractivity contribution in [3.8, 4) is 73.0 Å². The van der Waals surface area contributed by atoms with Crippen LogP contribution < -0.4 is 14.5 Å². The lowest BCUT2D eigenvalue weighted by Gasteiger charge is -2.30. The summed E-state index contributed by atoms with van der Waals surface area (Å²) in [5, 5.41) is 2.11. The zero-order valence-electron chi connectivity index (χ0n) is 50.6. The molecule has 0 saturated carbocycles. The second-order valence-corrected chi connectivity index (χ2v) is 25.9. The van der Waals surface area contributed by atoms with Gasteiger partial charge < -0.3 is 14.5 Å². The Morgan fingerprint density at radius 3 is 1.56 bits per heavy atom. The van der Waals surface area contributed by atoms with E-state index in [4.69, 9.17) is 9.72 Å². The van der Waals surface area contributed by atoms with Gasteiger partial charge in [0.1, 0.15) is 24.0 Å². The Kier molecular flexibility index (Phi) is 14.2. The van der Waals surface area contributed by atoms with E-state index in [2.05, 4.69) is 157 Å². The van der Waals surface area contributed by atoms with Gasteiger partial charge in [0.25, 0.3) is 0 Å². The molecule has 12 aromatic rings. The highest BCUT2D eigenvalue weighted by Gasteiger charge is 2.37. The number of pyridine rings is 1. The largest absolute Gasteiger partial charge is 0.457 e. The van der Waals surface area contributed by atoms with Gasteiger partial charge in [0.15, 0.2) is 23.3 Å². The Bertz CT molecular complexity index is 4640. The summed E-state index contributed by atoms with van der Waals surface area (Å²) in [7, 11) is 0. The molecule has 3 heterocycles. The zero-order valence-corrected chi connectivity index (χ0v) is 50.6. The molecule has 1 aliphatic heterocycles. The Balaban J connectivity index is 1.04. The van der Waals surface area contributed by atoms with E-state index in [-0.39, 0.29) is 34.2 Å². The summed E-state index contributed by atoms with van der Waals surface area (Å²) in [5.41, 5.74) is 11.5. The summed E-state index contributed by atoms with van der Waals surface area (Å²) >= 11 is 0. The molecule has 0 amide bonds. The van der Waals surface area contributed by atoms with Crippen LogP contribution in [0.15, 0.2) is 219 Å². The highest BCUT2D eigenvalue weighted by Crippen LogP contribution is 2.54. The van der Waals surface area contributed by atoms with Gasteiger partial charge in [-0.2, -0.15) is 0 Å². The van der Waals surface area contributed by atoms with Crippen molar-refractivity contribution in [1.82, 2.24) is 9.55 Å². The number of anilines is 4. The van der Waals surface area contributed by atoms with Gasteiger partial charge in [0.05, 0.1) is 33.7 Å². The fourth-order valence-electron chi connectivity index (χ4n) is 12.2. The first kappa shape index (κ1) is 57.3. The topological polar surface area (TPSA) is 33.5 Å². The molecule has 1 aliphatic rings. The minimum atomic E-state index is -2.23. The number of para-hydroxylation sites is 3. The first-order valence-electron chi connectivity index (χ1n) is 29.6. The van der Waals surface area contributed by atoms with E-state index in [0.717, 1.165) is 72.3 Å². The van der Waals surface area contributed by atoms with Crippen LogP contribution in [-0.2, 0) is 16.2 Å². The van der Waals surface area contributed by atoms with Crippen LogP contribution in [0.2, 0.25) is 0 Å². The molecule has 0 aliphatic carbocycles. The van der Waals surface area contributed by atoms with Crippen molar-refractivity contribution in [2.24, 2.45) is 0 Å². The number of rotatable bonds is 10. The highest BCUT2D eigenvalue weighted by molar-refractivity contribution is 6.09. The predicted octanol–water partition coefficient (Wildman–Crippen LogP) is 22.1. The Morgan fingerprint density at radius 1 is 0.375 bits per heavy atom. The lowest BCUT2D eigenvalue weighted by Crippen LogP contribution is -2.25. The number of hydrogen-bond donors (Lipinski definition) is 0. The maximum Gasteiger partial charge on any atom is 0.200 e. The number of ether oxygens (including phenoxy) is 1. The van der Waals surface area contributed by atoms with E-state index in [9.17, 15) is 0 Å². The SMILES string of the molecule is CC(C)(C)c1cc(-c2cc(-c3ccccc3)cc(-c3c(F)c(F)c(F)c(F)c3F)c2N2CN(c3cc(Oc4ccc5c6ccccc6n(-c6cc(C(C)(C)C)ccn6)c5c4)cc(-c4ccccc4-c4ccccc4)c3)c3ccccc32)cc(C(C)(C)C)c1. The van der Waals surface area contributed by atoms with Crippen molar-refractivity contribution < 1.29 is 26.7 Å². The third-order valence-electron chi connectivity index (χ3n) is 16.9. The lowest BCUT2D eigenvalue weighted by molar-refractivity contribution is 0.381. The van der Waals surface area contributed by atoms with Gasteiger partial charge in [-0.05, 0) is 139 Å². The van der Waals surface area contributed by atoms with Crippen LogP contribution >= 0.6 is 0 Å². The molecule has 5 nitrogen and oxygen atoms in total. The van der Waals surface area contributed by atoms with E-state index in [1.54, 1.807) is 6.07 Å². The summed E-state index contributed by atoms with van der Waals surface area (Å²) in [5.74, 6) is -8.29. The number of benzene rings is 10. The predicted molar refractivity (Wildman–Crippen MR) is 350 cm³/mol. The molecular weight excluding hydrogens is 1100 g/mol. The van der Waals surface area contributed by atoms with Gasteiger partial charge in [-0.3, -0.25) is 4.57 Å². The maximum atomic E-state index is 17.0. The molecule has 0 N–H and O–H groups in total. The molecule has 10 aromatic carbocycles. The molecule has 0 bridgehead atoms. The van der Waals surface area contributed by atoms with Crippen LogP contribution in [0.4, 0.5) is 44.7 Å². The van der Waals surface area contributed by atoms with E-state index >= 15 is 22.0 Å². The van der Waals surface area contributed by atoms with Crippen LogP contribution in [-0.4, -0.2) is 16.2 Å². The summed E-state index contributed by atoms with van der Waals surface area (Å²) in [6.07, 6.45) is 1.86. The number of halogens is 5. The molecule has 88 heavy (non-hydrogen) atoms. The van der Waals surface area contributed by atoms with Crippen molar-refractivity contribution in [3.05, 3.63) is 264 Å². The fraction of sp³-hybridized carbons (Fsp3) is 0.167. The Labute approximate surface area is 510 Å². The minimum absolute atomic E-state index is 0.0282.